The van der Waals surface area contributed by atoms with Gasteiger partial charge in [-0.1, -0.05) is 12.2 Å². The molecule has 0 amide bonds. The lowest BCUT2D eigenvalue weighted by Gasteiger charge is -2.29. The maximum absolute atomic E-state index is 16.2. The van der Waals surface area contributed by atoms with Crippen molar-refractivity contribution in [2.24, 2.45) is 0 Å². The van der Waals surface area contributed by atoms with E-state index in [1.54, 1.807) is 0 Å². The minimum atomic E-state index is -4.24. The summed E-state index contributed by atoms with van der Waals surface area (Å²) in [6.45, 7) is -8.93. The number of anilines is 2. The van der Waals surface area contributed by atoms with Crippen LogP contribution in [0.1, 0.15) is 12.5 Å². The summed E-state index contributed by atoms with van der Waals surface area (Å²) in [6, 6.07) is 0. The van der Waals surface area contributed by atoms with Crippen molar-refractivity contribution >= 4 is 71.0 Å². The van der Waals surface area contributed by atoms with Crippen LogP contribution >= 0.6 is 13.4 Å². The van der Waals surface area contributed by atoms with Crippen molar-refractivity contribution in [3.8, 4) is 0 Å². The first-order chi connectivity index (χ1) is 23.1. The molecule has 9 rings (SSSR count). The normalized spacial score (nSPS) is 38.0. The van der Waals surface area contributed by atoms with Gasteiger partial charge in [0.2, 0.25) is 0 Å². The van der Waals surface area contributed by atoms with Crippen LogP contribution in [-0.2, 0) is 51.2 Å². The highest BCUT2D eigenvalue weighted by molar-refractivity contribution is 8.07. The quantitative estimate of drug-likeness (QED) is 0.149. The number of rotatable bonds is 0. The van der Waals surface area contributed by atoms with Crippen LogP contribution in [0, 0.1) is 0 Å². The Kier molecular flexibility index (Phi) is 8.50. The third-order valence-electron chi connectivity index (χ3n) is 8.05. The number of fused-ring (bicyclic) bond motifs is 10. The predicted molar refractivity (Wildman–Crippen MR) is 169 cm³/mol. The van der Waals surface area contributed by atoms with Gasteiger partial charge in [0.15, 0.2) is 58.8 Å². The number of hydrogen-bond donors (Lipinski definition) is 4. The lowest BCUT2D eigenvalue weighted by molar-refractivity contribution is -0.0583. The van der Waals surface area contributed by atoms with Gasteiger partial charge in [0, 0.05) is 13.1 Å². The van der Waals surface area contributed by atoms with Gasteiger partial charge in [-0.2, -0.15) is 0 Å². The Morgan fingerprint density at radius 3 is 1.58 bits per heavy atom. The van der Waals surface area contributed by atoms with Crippen molar-refractivity contribution in [3.05, 3.63) is 37.5 Å². The van der Waals surface area contributed by atoms with Crippen molar-refractivity contribution in [3.63, 3.8) is 0 Å². The molecule has 3 fully saturated rings. The Morgan fingerprint density at radius 2 is 1.15 bits per heavy atom. The number of halogens is 2. The van der Waals surface area contributed by atoms with E-state index in [0.717, 1.165) is 0 Å². The Balaban J connectivity index is 1.21. The van der Waals surface area contributed by atoms with Crippen LogP contribution in [0.4, 0.5) is 20.4 Å². The van der Waals surface area contributed by atoms with E-state index in [4.69, 9.17) is 51.2 Å². The lowest BCUT2D eigenvalue weighted by atomic mass is 10.1. The summed E-state index contributed by atoms with van der Waals surface area (Å²) >= 11 is 10.5. The molecule has 0 aliphatic carbocycles. The zero-order chi connectivity index (χ0) is 33.2. The molecule has 18 nitrogen and oxygen atoms in total. The summed E-state index contributed by atoms with van der Waals surface area (Å²) in [5, 5.41) is 6.30. The van der Waals surface area contributed by atoms with Crippen molar-refractivity contribution in [1.29, 1.82) is 0 Å². The Hall–Kier alpha value is -2.72. The van der Waals surface area contributed by atoms with E-state index < -0.39 is 75.9 Å². The van der Waals surface area contributed by atoms with Gasteiger partial charge in [0.25, 0.3) is 0 Å². The van der Waals surface area contributed by atoms with Gasteiger partial charge < -0.3 is 38.9 Å². The fourth-order valence-electron chi connectivity index (χ4n) is 5.87. The lowest BCUT2D eigenvalue weighted by Crippen LogP contribution is -2.37. The van der Waals surface area contributed by atoms with Gasteiger partial charge in [-0.25, -0.2) is 38.7 Å². The molecule has 256 valence electrons. The average molecular weight is 747 g/mol. The van der Waals surface area contributed by atoms with Crippen LogP contribution in [-0.4, -0.2) is 112 Å². The third-order valence-corrected chi connectivity index (χ3v) is 11.2. The molecule has 0 saturated carbocycles. The number of hydrogen-bond acceptors (Lipinski definition) is 16. The van der Waals surface area contributed by atoms with E-state index >= 15 is 8.78 Å². The minimum absolute atomic E-state index is 0.231. The molecular formula is C24H26F2N10O8P2S2. The summed E-state index contributed by atoms with van der Waals surface area (Å²) in [5.74, 6) is 0.763. The molecule has 4 aromatic rings. The van der Waals surface area contributed by atoms with E-state index in [-0.39, 0.29) is 11.3 Å². The first-order valence-electron chi connectivity index (χ1n) is 14.5. The molecule has 9 heterocycles. The first kappa shape index (κ1) is 32.5. The van der Waals surface area contributed by atoms with Crippen molar-refractivity contribution < 1.29 is 46.1 Å². The molecule has 10 atom stereocenters. The zero-order valence-electron chi connectivity index (χ0n) is 24.3. The molecular weight excluding hydrogens is 720 g/mol. The van der Waals surface area contributed by atoms with Crippen LogP contribution in [0.3, 0.4) is 0 Å². The molecule has 5 aliphatic heterocycles. The van der Waals surface area contributed by atoms with Crippen molar-refractivity contribution in [1.82, 2.24) is 39.0 Å². The van der Waals surface area contributed by atoms with E-state index in [1.807, 2.05) is 12.2 Å². The second kappa shape index (κ2) is 12.6. The monoisotopic (exact) mass is 746 g/mol. The number of nitrogens with zero attached hydrogens (tertiary/aromatic N) is 8. The van der Waals surface area contributed by atoms with E-state index in [9.17, 15) is 9.79 Å². The highest BCUT2D eigenvalue weighted by Gasteiger charge is 2.53. The molecule has 14 bridgehead atoms. The van der Waals surface area contributed by atoms with Gasteiger partial charge in [-0.3, -0.25) is 18.2 Å². The average Bonchev–Trinajstić information content (AvgIpc) is 3.81. The van der Waals surface area contributed by atoms with Gasteiger partial charge in [-0.15, -0.1) is 0 Å². The summed E-state index contributed by atoms with van der Waals surface area (Å²) in [7, 11) is 0. The van der Waals surface area contributed by atoms with Crippen LogP contribution in [0.5, 0.6) is 0 Å². The summed E-state index contributed by atoms with van der Waals surface area (Å²) in [6.07, 6.45) is -3.54. The van der Waals surface area contributed by atoms with Gasteiger partial charge in [0.1, 0.15) is 37.1 Å². The van der Waals surface area contributed by atoms with Crippen molar-refractivity contribution in [2.45, 2.75) is 49.2 Å². The SMILES string of the molecule is OP1(=S)OCC2OC3[C@H](F)[C@@H]2OP(O)(=S)OCC2O[C@H]([C@H](F)[C@@H]2O1)n1cnc2c(ncnc21)NC/C=C/CNc1ncnc2c1ncn23. The summed E-state index contributed by atoms with van der Waals surface area (Å²) < 4.78 is 69.5. The van der Waals surface area contributed by atoms with Crippen LogP contribution in [0.25, 0.3) is 22.3 Å². The summed E-state index contributed by atoms with van der Waals surface area (Å²) in [5.41, 5.74) is 1.12. The second-order valence-electron chi connectivity index (χ2n) is 11.0. The number of nitrogens with one attached hydrogen (secondary N) is 2. The minimum Gasteiger partial charge on any atom is -0.365 e. The maximum Gasteiger partial charge on any atom is 0.325 e. The predicted octanol–water partition coefficient (Wildman–Crippen LogP) is 1.78. The zero-order valence-corrected chi connectivity index (χ0v) is 27.7. The molecule has 4 aromatic heterocycles. The Morgan fingerprint density at radius 1 is 0.708 bits per heavy atom. The van der Waals surface area contributed by atoms with Gasteiger partial charge in [-0.05, 0) is 23.6 Å². The van der Waals surface area contributed by atoms with Crippen LogP contribution in [0.15, 0.2) is 37.5 Å². The number of alkyl halides is 2. The smallest absolute Gasteiger partial charge is 0.325 e. The highest BCUT2D eigenvalue weighted by atomic mass is 32.5. The fourth-order valence-corrected chi connectivity index (χ4v) is 8.75. The fraction of sp³-hybridized carbons (Fsp3) is 0.500. The van der Waals surface area contributed by atoms with Crippen LogP contribution < -0.4 is 10.6 Å². The topological polar surface area (TPSA) is 207 Å². The molecule has 4 N–H and O–H groups in total. The Labute approximate surface area is 279 Å². The third kappa shape index (κ3) is 5.92. The van der Waals surface area contributed by atoms with E-state index in [2.05, 4.69) is 40.5 Å². The largest absolute Gasteiger partial charge is 0.365 e. The maximum atomic E-state index is 16.2. The van der Waals surface area contributed by atoms with Gasteiger partial charge >= 0.3 is 13.4 Å². The summed E-state index contributed by atoms with van der Waals surface area (Å²) in [4.78, 5) is 47.9. The van der Waals surface area contributed by atoms with Crippen molar-refractivity contribution in [2.75, 3.05) is 36.9 Å². The highest BCUT2D eigenvalue weighted by Crippen LogP contribution is 2.54. The van der Waals surface area contributed by atoms with E-state index in [1.165, 1.54) is 34.4 Å². The molecule has 5 unspecified atom stereocenters. The molecule has 0 aromatic carbocycles. The van der Waals surface area contributed by atoms with Gasteiger partial charge in [0.05, 0.1) is 25.9 Å². The molecule has 5 aliphatic rings. The molecule has 0 radical (unpaired) electrons. The molecule has 48 heavy (non-hydrogen) atoms. The number of ether oxygens (including phenoxy) is 2. The van der Waals surface area contributed by atoms with E-state index in [0.29, 0.717) is 35.8 Å². The molecule has 0 spiro atoms. The first-order valence-corrected chi connectivity index (χ1v) is 19.6. The number of aromatic nitrogens is 8. The molecule has 24 heteroatoms. The standard InChI is InChI=1S/C24H26F2N10O8P2S2/c25-13-17-11-5-39-46(38,48)44-18-12(6-40-45(37,47)43-17)42-24(14(18)26)36-10-34-16-20(30-8-32-22(16)36)28-4-2-1-3-27-19-15-21(31-7-29-19)35(9-33-15)23(13)41-11/h1-2,7-14,17-18,23-24H,3-6H2,(H,37,47)(H,38,48)(H,27,29,31)(H,28,30,32)/b2-1+/t11?,12?,13-,14-,17-,18-,23-,24?,45?,46?/m1/s1. The van der Waals surface area contributed by atoms with Crippen LogP contribution in [0.2, 0.25) is 0 Å². The molecule has 3 saturated heterocycles. The number of imidazole rings is 2. The second-order valence-corrected chi connectivity index (χ2v) is 16.6. The Bertz CT molecular complexity index is 1860.